The molecule has 98 valence electrons. The van der Waals surface area contributed by atoms with Crippen molar-refractivity contribution in [3.63, 3.8) is 0 Å². The lowest BCUT2D eigenvalue weighted by Gasteiger charge is -2.12. The predicted molar refractivity (Wildman–Crippen MR) is 68.6 cm³/mol. The van der Waals surface area contributed by atoms with E-state index in [1.807, 2.05) is 18.2 Å². The Hall–Kier alpha value is -1.75. The van der Waals surface area contributed by atoms with Gasteiger partial charge in [0.15, 0.2) is 6.61 Å². The largest absolute Gasteiger partial charge is 0.484 e. The van der Waals surface area contributed by atoms with Crippen molar-refractivity contribution in [1.82, 2.24) is 0 Å². The van der Waals surface area contributed by atoms with Gasteiger partial charge in [0.2, 0.25) is 0 Å². The zero-order valence-electron chi connectivity index (χ0n) is 10.2. The number of amides is 1. The predicted octanol–water partition coefficient (Wildman–Crippen LogP) is 1.14. The molecule has 5 heteroatoms. The van der Waals surface area contributed by atoms with E-state index < -0.39 is 5.91 Å². The van der Waals surface area contributed by atoms with Gasteiger partial charge in [0.25, 0.3) is 5.91 Å². The van der Waals surface area contributed by atoms with E-state index in [9.17, 15) is 4.79 Å². The maximum absolute atomic E-state index is 10.6. The molecule has 3 N–H and O–H groups in total. The Morgan fingerprint density at radius 1 is 1.56 bits per heavy atom. The molecule has 1 aliphatic rings. The van der Waals surface area contributed by atoms with E-state index in [-0.39, 0.29) is 6.61 Å². The van der Waals surface area contributed by atoms with Gasteiger partial charge in [0.1, 0.15) is 5.75 Å². The van der Waals surface area contributed by atoms with Gasteiger partial charge in [-0.2, -0.15) is 0 Å². The summed E-state index contributed by atoms with van der Waals surface area (Å²) in [6.07, 6.45) is 2.53. The molecule has 18 heavy (non-hydrogen) atoms. The lowest BCUT2D eigenvalue weighted by atomic mass is 10.2. The lowest BCUT2D eigenvalue weighted by Crippen LogP contribution is -2.20. The summed E-state index contributed by atoms with van der Waals surface area (Å²) in [7, 11) is 0. The molecule has 1 aliphatic heterocycles. The van der Waals surface area contributed by atoms with Crippen LogP contribution in [-0.2, 0) is 9.53 Å². The standard InChI is InChI=1S/C13H18N2O3/c14-13(16)9-18-11-4-1-3-10(7-11)15-8-12-5-2-6-17-12/h1,3-4,7,12,15H,2,5-6,8-9H2,(H2,14,16). The molecule has 0 aliphatic carbocycles. The minimum absolute atomic E-state index is 0.102. The number of anilines is 1. The summed E-state index contributed by atoms with van der Waals surface area (Å²) >= 11 is 0. The van der Waals surface area contributed by atoms with Crippen molar-refractivity contribution in [3.05, 3.63) is 24.3 Å². The second kappa shape index (κ2) is 6.26. The number of rotatable bonds is 6. The number of hydrogen-bond donors (Lipinski definition) is 2. The fourth-order valence-corrected chi connectivity index (χ4v) is 1.89. The third-order valence-corrected chi connectivity index (χ3v) is 2.77. The minimum Gasteiger partial charge on any atom is -0.484 e. The highest BCUT2D eigenvalue weighted by Crippen LogP contribution is 2.18. The number of ether oxygens (including phenoxy) is 2. The Morgan fingerprint density at radius 2 is 2.44 bits per heavy atom. The van der Waals surface area contributed by atoms with Crippen LogP contribution in [0.3, 0.4) is 0 Å². The number of hydrogen-bond acceptors (Lipinski definition) is 4. The Labute approximate surface area is 106 Å². The molecule has 1 unspecified atom stereocenters. The van der Waals surface area contributed by atoms with Crippen LogP contribution in [-0.4, -0.2) is 31.8 Å². The number of primary amides is 1. The van der Waals surface area contributed by atoms with E-state index in [0.29, 0.717) is 11.9 Å². The highest BCUT2D eigenvalue weighted by Gasteiger charge is 2.14. The highest BCUT2D eigenvalue weighted by atomic mass is 16.5. The molecular formula is C13H18N2O3. The van der Waals surface area contributed by atoms with E-state index in [0.717, 1.165) is 31.7 Å². The fourth-order valence-electron chi connectivity index (χ4n) is 1.89. The first-order valence-electron chi connectivity index (χ1n) is 6.10. The first-order chi connectivity index (χ1) is 8.74. The molecule has 1 atom stereocenters. The van der Waals surface area contributed by atoms with Gasteiger partial charge in [-0.3, -0.25) is 4.79 Å². The molecule has 1 aromatic rings. The summed E-state index contributed by atoms with van der Waals surface area (Å²) in [4.78, 5) is 10.6. The van der Waals surface area contributed by atoms with Crippen molar-refractivity contribution >= 4 is 11.6 Å². The van der Waals surface area contributed by atoms with E-state index >= 15 is 0 Å². The molecule has 1 aromatic carbocycles. The molecule has 0 bridgehead atoms. The van der Waals surface area contributed by atoms with Crippen LogP contribution in [0.5, 0.6) is 5.75 Å². The smallest absolute Gasteiger partial charge is 0.255 e. The molecule has 0 saturated carbocycles. The first kappa shape index (κ1) is 12.7. The number of nitrogens with one attached hydrogen (secondary N) is 1. The topological polar surface area (TPSA) is 73.6 Å². The third kappa shape index (κ3) is 3.92. The van der Waals surface area contributed by atoms with Crippen LogP contribution in [0.2, 0.25) is 0 Å². The van der Waals surface area contributed by atoms with Crippen molar-refractivity contribution in [2.24, 2.45) is 5.73 Å². The van der Waals surface area contributed by atoms with Crippen LogP contribution < -0.4 is 15.8 Å². The quantitative estimate of drug-likeness (QED) is 0.794. The van der Waals surface area contributed by atoms with Gasteiger partial charge in [-0.25, -0.2) is 0 Å². The SMILES string of the molecule is NC(=O)COc1cccc(NCC2CCCO2)c1. The summed E-state index contributed by atoms with van der Waals surface area (Å²) in [6, 6.07) is 7.46. The van der Waals surface area contributed by atoms with Crippen molar-refractivity contribution in [3.8, 4) is 5.75 Å². The van der Waals surface area contributed by atoms with E-state index in [1.165, 1.54) is 0 Å². The molecule has 1 amide bonds. The summed E-state index contributed by atoms with van der Waals surface area (Å²) in [5.41, 5.74) is 5.98. The highest BCUT2D eigenvalue weighted by molar-refractivity contribution is 5.75. The second-order valence-electron chi connectivity index (χ2n) is 4.30. The normalized spacial score (nSPS) is 18.6. The van der Waals surface area contributed by atoms with Crippen molar-refractivity contribution in [1.29, 1.82) is 0 Å². The fraction of sp³-hybridized carbons (Fsp3) is 0.462. The van der Waals surface area contributed by atoms with Gasteiger partial charge < -0.3 is 20.5 Å². The Kier molecular flexibility index (Phi) is 4.41. The van der Waals surface area contributed by atoms with E-state index in [1.54, 1.807) is 6.07 Å². The number of benzene rings is 1. The zero-order chi connectivity index (χ0) is 12.8. The molecule has 1 saturated heterocycles. The number of carbonyl (C=O) groups is 1. The van der Waals surface area contributed by atoms with Gasteiger partial charge in [-0.1, -0.05) is 6.07 Å². The van der Waals surface area contributed by atoms with Crippen LogP contribution >= 0.6 is 0 Å². The molecule has 1 fully saturated rings. The summed E-state index contributed by atoms with van der Waals surface area (Å²) < 4.78 is 10.8. The third-order valence-electron chi connectivity index (χ3n) is 2.77. The molecule has 0 aromatic heterocycles. The average Bonchev–Trinajstić information content (AvgIpc) is 2.87. The lowest BCUT2D eigenvalue weighted by molar-refractivity contribution is -0.119. The zero-order valence-corrected chi connectivity index (χ0v) is 10.2. The summed E-state index contributed by atoms with van der Waals surface area (Å²) in [5, 5.41) is 3.29. The van der Waals surface area contributed by atoms with Crippen molar-refractivity contribution in [2.75, 3.05) is 25.1 Å². The van der Waals surface area contributed by atoms with Gasteiger partial charge in [-0.15, -0.1) is 0 Å². The Morgan fingerprint density at radius 3 is 3.17 bits per heavy atom. The molecule has 5 nitrogen and oxygen atoms in total. The molecule has 0 spiro atoms. The first-order valence-corrected chi connectivity index (χ1v) is 6.10. The number of nitrogens with two attached hydrogens (primary N) is 1. The van der Waals surface area contributed by atoms with Gasteiger partial charge in [0.05, 0.1) is 6.10 Å². The van der Waals surface area contributed by atoms with E-state index in [4.69, 9.17) is 15.2 Å². The van der Waals surface area contributed by atoms with Crippen LogP contribution in [0, 0.1) is 0 Å². The van der Waals surface area contributed by atoms with Gasteiger partial charge in [-0.05, 0) is 25.0 Å². The molecule has 1 heterocycles. The Balaban J connectivity index is 1.84. The molecule has 0 radical (unpaired) electrons. The maximum Gasteiger partial charge on any atom is 0.255 e. The van der Waals surface area contributed by atoms with Gasteiger partial charge in [0, 0.05) is 24.9 Å². The van der Waals surface area contributed by atoms with Crippen molar-refractivity contribution in [2.45, 2.75) is 18.9 Å². The van der Waals surface area contributed by atoms with Gasteiger partial charge >= 0.3 is 0 Å². The summed E-state index contributed by atoms with van der Waals surface area (Å²) in [6.45, 7) is 1.54. The molecular weight excluding hydrogens is 232 g/mol. The van der Waals surface area contributed by atoms with Crippen molar-refractivity contribution < 1.29 is 14.3 Å². The summed E-state index contributed by atoms with van der Waals surface area (Å²) in [5.74, 6) is 0.152. The molecule has 2 rings (SSSR count). The maximum atomic E-state index is 10.6. The van der Waals surface area contributed by atoms with E-state index in [2.05, 4.69) is 5.32 Å². The average molecular weight is 250 g/mol. The monoisotopic (exact) mass is 250 g/mol. The van der Waals surface area contributed by atoms with Crippen LogP contribution in [0.1, 0.15) is 12.8 Å². The van der Waals surface area contributed by atoms with Crippen LogP contribution in [0.25, 0.3) is 0 Å². The second-order valence-corrected chi connectivity index (χ2v) is 4.30. The Bertz CT molecular complexity index is 403. The van der Waals surface area contributed by atoms with Crippen LogP contribution in [0.15, 0.2) is 24.3 Å². The number of carbonyl (C=O) groups excluding carboxylic acids is 1. The van der Waals surface area contributed by atoms with Crippen LogP contribution in [0.4, 0.5) is 5.69 Å². The minimum atomic E-state index is -0.479.